The number of nitrogens with zero attached hydrogens (tertiary/aromatic N) is 3. The summed E-state index contributed by atoms with van der Waals surface area (Å²) >= 11 is 0. The van der Waals surface area contributed by atoms with Gasteiger partial charge in [-0.05, 0) is 17.2 Å². The number of ether oxygens (including phenoxy) is 2. The number of carbonyl (C=O) groups excluding carboxylic acids is 1. The highest BCUT2D eigenvalue weighted by Gasteiger charge is 2.56. The molecule has 1 spiro atoms. The molecular formula is C28H29N3O3. The minimum Gasteiger partial charge on any atom is -0.336 e. The molecule has 1 amide bonds. The van der Waals surface area contributed by atoms with Crippen LogP contribution in [0.4, 0.5) is 5.69 Å². The van der Waals surface area contributed by atoms with E-state index in [0.29, 0.717) is 19.9 Å². The predicted molar refractivity (Wildman–Crippen MR) is 130 cm³/mol. The Labute approximate surface area is 200 Å². The van der Waals surface area contributed by atoms with E-state index in [1.165, 1.54) is 11.1 Å². The number of benzene rings is 3. The SMILES string of the molecule is O=C1N(CN2CCN(C(c3ccccc3)c3ccccc3)CC2)c2ccccc2C12OCCO2. The van der Waals surface area contributed by atoms with Crippen molar-refractivity contribution in [3.8, 4) is 0 Å². The molecule has 0 N–H and O–H groups in total. The Hall–Kier alpha value is -3.03. The normalized spacial score (nSPS) is 20.4. The second kappa shape index (κ2) is 8.96. The van der Waals surface area contributed by atoms with Gasteiger partial charge < -0.3 is 9.47 Å². The molecule has 3 aromatic carbocycles. The molecule has 3 aliphatic heterocycles. The lowest BCUT2D eigenvalue weighted by molar-refractivity contribution is -0.181. The second-order valence-electron chi connectivity index (χ2n) is 9.08. The number of fused-ring (bicyclic) bond motifs is 2. The van der Waals surface area contributed by atoms with Gasteiger partial charge in [0, 0.05) is 31.7 Å². The molecule has 0 radical (unpaired) electrons. The summed E-state index contributed by atoms with van der Waals surface area (Å²) in [5.74, 6) is -1.37. The maximum absolute atomic E-state index is 13.4. The van der Waals surface area contributed by atoms with Gasteiger partial charge in [0.25, 0.3) is 11.7 Å². The first-order valence-electron chi connectivity index (χ1n) is 12.0. The fraction of sp³-hybridized carbons (Fsp3) is 0.321. The van der Waals surface area contributed by atoms with Gasteiger partial charge in [-0.1, -0.05) is 78.9 Å². The minimum absolute atomic E-state index is 0.111. The van der Waals surface area contributed by atoms with Crippen molar-refractivity contribution < 1.29 is 14.3 Å². The number of para-hydroxylation sites is 1. The Morgan fingerprint density at radius 1 is 0.735 bits per heavy atom. The van der Waals surface area contributed by atoms with E-state index in [4.69, 9.17) is 9.47 Å². The molecule has 0 unspecified atom stereocenters. The van der Waals surface area contributed by atoms with E-state index in [9.17, 15) is 4.79 Å². The summed E-state index contributed by atoms with van der Waals surface area (Å²) in [5.41, 5.74) is 4.33. The number of amides is 1. The highest BCUT2D eigenvalue weighted by atomic mass is 16.7. The maximum atomic E-state index is 13.4. The first-order chi connectivity index (χ1) is 16.8. The van der Waals surface area contributed by atoms with E-state index in [1.54, 1.807) is 0 Å². The molecule has 0 saturated carbocycles. The number of hydrogen-bond donors (Lipinski definition) is 0. The van der Waals surface area contributed by atoms with Crippen LogP contribution in [0.2, 0.25) is 0 Å². The van der Waals surface area contributed by atoms with Crippen LogP contribution in [0.25, 0.3) is 0 Å². The number of rotatable bonds is 5. The Bertz CT molecular complexity index is 1100. The zero-order valence-electron chi connectivity index (χ0n) is 19.2. The summed E-state index contributed by atoms with van der Waals surface area (Å²) < 4.78 is 11.7. The van der Waals surface area contributed by atoms with Crippen LogP contribution in [0, 0.1) is 0 Å². The van der Waals surface area contributed by atoms with Crippen LogP contribution in [0.5, 0.6) is 0 Å². The molecule has 0 aliphatic carbocycles. The third-order valence-corrected chi connectivity index (χ3v) is 7.11. The molecule has 34 heavy (non-hydrogen) atoms. The number of piperazine rings is 1. The van der Waals surface area contributed by atoms with E-state index < -0.39 is 5.79 Å². The monoisotopic (exact) mass is 455 g/mol. The van der Waals surface area contributed by atoms with Crippen molar-refractivity contribution in [2.45, 2.75) is 11.8 Å². The molecule has 0 atom stereocenters. The Balaban J connectivity index is 1.19. The van der Waals surface area contributed by atoms with Crippen LogP contribution in [0.3, 0.4) is 0 Å². The zero-order chi connectivity index (χ0) is 23.0. The van der Waals surface area contributed by atoms with Gasteiger partial charge >= 0.3 is 0 Å². The standard InChI is InChI=1S/C28H29N3O3/c32-27-28(33-19-20-34-28)24-13-7-8-14-25(24)31(27)21-29-15-17-30(18-16-29)26(22-9-3-1-4-10-22)23-11-5-2-6-12-23/h1-14,26H,15-21H2. The molecule has 0 bridgehead atoms. The predicted octanol–water partition coefficient (Wildman–Crippen LogP) is 3.60. The Kier molecular flexibility index (Phi) is 5.67. The molecule has 6 heteroatoms. The molecule has 3 heterocycles. The third kappa shape index (κ3) is 3.63. The topological polar surface area (TPSA) is 45.3 Å². The average Bonchev–Trinajstić information content (AvgIpc) is 3.48. The van der Waals surface area contributed by atoms with Gasteiger partial charge in [0.1, 0.15) is 0 Å². The number of carbonyl (C=O) groups is 1. The first-order valence-corrected chi connectivity index (χ1v) is 12.0. The Morgan fingerprint density at radius 2 is 1.29 bits per heavy atom. The summed E-state index contributed by atoms with van der Waals surface area (Å²) in [6, 6.07) is 29.5. The summed E-state index contributed by atoms with van der Waals surface area (Å²) in [5, 5.41) is 0. The highest BCUT2D eigenvalue weighted by Crippen LogP contribution is 2.45. The van der Waals surface area contributed by atoms with E-state index in [1.807, 2.05) is 29.2 Å². The molecular weight excluding hydrogens is 426 g/mol. The Morgan fingerprint density at radius 3 is 1.91 bits per heavy atom. The molecule has 6 rings (SSSR count). The molecule has 174 valence electrons. The van der Waals surface area contributed by atoms with Crippen molar-refractivity contribution in [3.63, 3.8) is 0 Å². The van der Waals surface area contributed by atoms with E-state index >= 15 is 0 Å². The summed E-state index contributed by atoms with van der Waals surface area (Å²) in [6.07, 6.45) is 0. The van der Waals surface area contributed by atoms with Crippen molar-refractivity contribution in [2.24, 2.45) is 0 Å². The van der Waals surface area contributed by atoms with Gasteiger partial charge in [-0.3, -0.25) is 19.5 Å². The summed E-state index contributed by atoms with van der Waals surface area (Å²) in [4.78, 5) is 20.2. The van der Waals surface area contributed by atoms with Gasteiger partial charge in [-0.2, -0.15) is 0 Å². The smallest absolute Gasteiger partial charge is 0.293 e. The van der Waals surface area contributed by atoms with Gasteiger partial charge in [0.05, 0.1) is 31.6 Å². The van der Waals surface area contributed by atoms with Gasteiger partial charge in [-0.25, -0.2) is 0 Å². The van der Waals surface area contributed by atoms with Gasteiger partial charge in [0.15, 0.2) is 0 Å². The summed E-state index contributed by atoms with van der Waals surface area (Å²) in [7, 11) is 0. The van der Waals surface area contributed by atoms with E-state index in [-0.39, 0.29) is 11.9 Å². The second-order valence-corrected chi connectivity index (χ2v) is 9.08. The maximum Gasteiger partial charge on any atom is 0.293 e. The fourth-order valence-electron chi connectivity index (χ4n) is 5.47. The summed E-state index contributed by atoms with van der Waals surface area (Å²) in [6.45, 7) is 5.04. The zero-order valence-corrected chi connectivity index (χ0v) is 19.2. The average molecular weight is 456 g/mol. The van der Waals surface area contributed by atoms with Crippen molar-refractivity contribution >= 4 is 11.6 Å². The largest absolute Gasteiger partial charge is 0.336 e. The molecule has 2 saturated heterocycles. The first kappa shape index (κ1) is 21.5. The van der Waals surface area contributed by atoms with Crippen LogP contribution in [-0.2, 0) is 20.1 Å². The molecule has 3 aliphatic rings. The minimum atomic E-state index is -1.26. The quantitative estimate of drug-likeness (QED) is 0.588. The number of hydrogen-bond acceptors (Lipinski definition) is 5. The number of anilines is 1. The molecule has 6 nitrogen and oxygen atoms in total. The van der Waals surface area contributed by atoms with E-state index in [0.717, 1.165) is 37.4 Å². The van der Waals surface area contributed by atoms with E-state index in [2.05, 4.69) is 70.5 Å². The lowest BCUT2D eigenvalue weighted by Crippen LogP contribution is -2.53. The van der Waals surface area contributed by atoms with Crippen molar-refractivity contribution in [1.29, 1.82) is 0 Å². The van der Waals surface area contributed by atoms with Gasteiger partial charge in [-0.15, -0.1) is 0 Å². The molecule has 3 aromatic rings. The van der Waals surface area contributed by atoms with Crippen LogP contribution >= 0.6 is 0 Å². The van der Waals surface area contributed by atoms with Crippen molar-refractivity contribution in [1.82, 2.24) is 9.80 Å². The van der Waals surface area contributed by atoms with Crippen molar-refractivity contribution in [2.75, 3.05) is 51.0 Å². The van der Waals surface area contributed by atoms with Crippen molar-refractivity contribution in [3.05, 3.63) is 102 Å². The third-order valence-electron chi connectivity index (χ3n) is 7.11. The van der Waals surface area contributed by atoms with Crippen LogP contribution in [-0.4, -0.2) is 61.8 Å². The van der Waals surface area contributed by atoms with Gasteiger partial charge in [0.2, 0.25) is 0 Å². The van der Waals surface area contributed by atoms with Crippen LogP contribution in [0.1, 0.15) is 22.7 Å². The lowest BCUT2D eigenvalue weighted by atomic mass is 9.96. The fourth-order valence-corrected chi connectivity index (χ4v) is 5.47. The lowest BCUT2D eigenvalue weighted by Gasteiger charge is -2.41. The molecule has 2 fully saturated rings. The highest BCUT2D eigenvalue weighted by molar-refractivity contribution is 6.06. The molecule has 0 aromatic heterocycles. The van der Waals surface area contributed by atoms with Crippen LogP contribution in [0.15, 0.2) is 84.9 Å². The van der Waals surface area contributed by atoms with Crippen LogP contribution < -0.4 is 4.90 Å².